The molecule has 9 nitrogen and oxygen atoms in total. The Bertz CT molecular complexity index is 1500. The predicted molar refractivity (Wildman–Crippen MR) is 128 cm³/mol. The van der Waals surface area contributed by atoms with Crippen LogP contribution in [0.15, 0.2) is 58.2 Å². The maximum absolute atomic E-state index is 13.2. The maximum Gasteiger partial charge on any atom is 0.281 e. The van der Waals surface area contributed by atoms with E-state index in [4.69, 9.17) is 11.6 Å². The number of fused-ring (bicyclic) bond motifs is 1. The number of nitrogens with zero attached hydrogens (tertiary/aromatic N) is 5. The molecule has 2 aromatic heterocycles. The highest BCUT2D eigenvalue weighted by atomic mass is 35.5. The molecule has 1 saturated heterocycles. The van der Waals surface area contributed by atoms with Crippen molar-refractivity contribution in [3.05, 3.63) is 80.9 Å². The molecule has 0 saturated carbocycles. The first-order valence-electron chi connectivity index (χ1n) is 11.0. The number of piperidine rings is 1. The van der Waals surface area contributed by atoms with Gasteiger partial charge < -0.3 is 4.98 Å². The second-order valence-corrected chi connectivity index (χ2v) is 10.9. The zero-order valence-electron chi connectivity index (χ0n) is 18.5. The third-order valence-electron chi connectivity index (χ3n) is 6.07. The Morgan fingerprint density at radius 3 is 2.59 bits per heavy atom. The molecule has 0 bridgehead atoms. The van der Waals surface area contributed by atoms with Crippen LogP contribution in [0.4, 0.5) is 0 Å². The monoisotopic (exact) mass is 498 g/mol. The predicted octanol–water partition coefficient (Wildman–Crippen LogP) is 3.09. The first kappa shape index (κ1) is 22.7. The van der Waals surface area contributed by atoms with Crippen LogP contribution in [-0.2, 0) is 16.6 Å². The van der Waals surface area contributed by atoms with E-state index in [9.17, 15) is 13.2 Å². The topological polar surface area (TPSA) is 114 Å². The van der Waals surface area contributed by atoms with E-state index in [1.54, 1.807) is 16.8 Å². The molecular weight excluding hydrogens is 476 g/mol. The van der Waals surface area contributed by atoms with Crippen LogP contribution in [0, 0.1) is 6.92 Å². The molecule has 0 aliphatic carbocycles. The molecule has 1 aliphatic heterocycles. The second-order valence-electron chi connectivity index (χ2n) is 8.51. The summed E-state index contributed by atoms with van der Waals surface area (Å²) in [5.74, 6) is 0.191. The van der Waals surface area contributed by atoms with Crippen LogP contribution in [0.25, 0.3) is 11.2 Å². The van der Waals surface area contributed by atoms with Crippen molar-refractivity contribution in [1.29, 1.82) is 0 Å². The molecule has 34 heavy (non-hydrogen) atoms. The summed E-state index contributed by atoms with van der Waals surface area (Å²) in [6.45, 7) is 3.07. The summed E-state index contributed by atoms with van der Waals surface area (Å²) in [7, 11) is -3.69. The number of H-pyrrole nitrogens is 1. The molecule has 4 aromatic rings. The average molecular weight is 499 g/mol. The lowest BCUT2D eigenvalue weighted by Crippen LogP contribution is -2.39. The van der Waals surface area contributed by atoms with E-state index in [1.807, 2.05) is 31.2 Å². The number of sulfonamides is 1. The van der Waals surface area contributed by atoms with E-state index >= 15 is 0 Å². The first-order valence-corrected chi connectivity index (χ1v) is 12.8. The van der Waals surface area contributed by atoms with Gasteiger partial charge in [0.05, 0.1) is 11.4 Å². The number of aromatic amines is 1. The van der Waals surface area contributed by atoms with Gasteiger partial charge in [0.15, 0.2) is 11.2 Å². The molecule has 1 fully saturated rings. The molecule has 0 unspecified atom stereocenters. The maximum atomic E-state index is 13.2. The van der Waals surface area contributed by atoms with E-state index in [-0.39, 0.29) is 28.4 Å². The minimum Gasteiger partial charge on any atom is -0.308 e. The van der Waals surface area contributed by atoms with E-state index in [0.29, 0.717) is 42.4 Å². The highest BCUT2D eigenvalue weighted by molar-refractivity contribution is 7.89. The number of aromatic nitrogens is 5. The molecular formula is C23H23ClN6O3S. The first-order chi connectivity index (χ1) is 16.3. The molecule has 1 atom stereocenters. The SMILES string of the molecule is Cc1ccc(Cn2nnc3c(=O)[nH]c([C@@H]4CCCN(S(=O)(=O)c5ccc(Cl)cc5)C4)nc32)cc1. The molecule has 0 spiro atoms. The number of benzene rings is 2. The largest absolute Gasteiger partial charge is 0.308 e. The third-order valence-corrected chi connectivity index (χ3v) is 8.20. The summed E-state index contributed by atoms with van der Waals surface area (Å²) < 4.78 is 29.4. The van der Waals surface area contributed by atoms with Gasteiger partial charge in [-0.05, 0) is 49.6 Å². The number of nitrogens with one attached hydrogen (secondary N) is 1. The van der Waals surface area contributed by atoms with E-state index < -0.39 is 10.0 Å². The average Bonchev–Trinajstić information content (AvgIpc) is 3.24. The van der Waals surface area contributed by atoms with Gasteiger partial charge in [-0.1, -0.05) is 46.6 Å². The minimum atomic E-state index is -3.69. The number of aryl methyl sites for hydroxylation is 1. The van der Waals surface area contributed by atoms with Crippen molar-refractivity contribution >= 4 is 32.8 Å². The molecule has 1 N–H and O–H groups in total. The Morgan fingerprint density at radius 1 is 1.12 bits per heavy atom. The molecule has 0 radical (unpaired) electrons. The van der Waals surface area contributed by atoms with E-state index in [0.717, 1.165) is 11.1 Å². The van der Waals surface area contributed by atoms with Crippen molar-refractivity contribution in [2.24, 2.45) is 0 Å². The van der Waals surface area contributed by atoms with Crippen LogP contribution >= 0.6 is 11.6 Å². The van der Waals surface area contributed by atoms with Crippen LogP contribution in [0.3, 0.4) is 0 Å². The lowest BCUT2D eigenvalue weighted by Gasteiger charge is -2.31. The van der Waals surface area contributed by atoms with Crippen molar-refractivity contribution in [1.82, 2.24) is 29.3 Å². The van der Waals surface area contributed by atoms with Gasteiger partial charge >= 0.3 is 0 Å². The zero-order chi connectivity index (χ0) is 23.9. The second kappa shape index (κ2) is 8.94. The lowest BCUT2D eigenvalue weighted by atomic mass is 9.99. The van der Waals surface area contributed by atoms with Crippen LogP contribution in [-0.4, -0.2) is 50.8 Å². The van der Waals surface area contributed by atoms with Gasteiger partial charge in [-0.3, -0.25) is 4.79 Å². The Morgan fingerprint density at radius 2 is 1.85 bits per heavy atom. The zero-order valence-corrected chi connectivity index (χ0v) is 20.1. The standard InChI is InChI=1S/C23H23ClN6O3S/c1-15-4-6-16(7-5-15)13-30-22-20(27-28-30)23(31)26-21(25-22)17-3-2-12-29(14-17)34(32,33)19-10-8-18(24)9-11-19/h4-11,17H,2-3,12-14H2,1H3,(H,25,26,31)/t17-/m1/s1. The van der Waals surface area contributed by atoms with Gasteiger partial charge in [0.1, 0.15) is 5.82 Å². The van der Waals surface area contributed by atoms with Crippen LogP contribution < -0.4 is 5.56 Å². The van der Waals surface area contributed by atoms with Crippen LogP contribution in [0.5, 0.6) is 0 Å². The summed E-state index contributed by atoms with van der Waals surface area (Å²) in [5.41, 5.74) is 2.33. The van der Waals surface area contributed by atoms with Gasteiger partial charge in [-0.25, -0.2) is 18.1 Å². The molecule has 176 valence electrons. The van der Waals surface area contributed by atoms with Gasteiger partial charge in [-0.2, -0.15) is 4.31 Å². The molecule has 2 aromatic carbocycles. The van der Waals surface area contributed by atoms with Crippen molar-refractivity contribution in [3.8, 4) is 0 Å². The summed E-state index contributed by atoms with van der Waals surface area (Å²) in [4.78, 5) is 20.4. The van der Waals surface area contributed by atoms with Gasteiger partial charge in [-0.15, -0.1) is 5.10 Å². The Balaban J connectivity index is 1.44. The van der Waals surface area contributed by atoms with Gasteiger partial charge in [0.25, 0.3) is 5.56 Å². The third kappa shape index (κ3) is 4.36. The van der Waals surface area contributed by atoms with Crippen LogP contribution in [0.2, 0.25) is 5.02 Å². The van der Waals surface area contributed by atoms with Gasteiger partial charge in [0.2, 0.25) is 10.0 Å². The van der Waals surface area contributed by atoms with Crippen molar-refractivity contribution in [2.75, 3.05) is 13.1 Å². The summed E-state index contributed by atoms with van der Waals surface area (Å²) in [6.07, 6.45) is 1.36. The molecule has 3 heterocycles. The van der Waals surface area contributed by atoms with Crippen molar-refractivity contribution in [3.63, 3.8) is 0 Å². The highest BCUT2D eigenvalue weighted by Crippen LogP contribution is 2.29. The van der Waals surface area contributed by atoms with E-state index in [2.05, 4.69) is 20.3 Å². The fourth-order valence-electron chi connectivity index (χ4n) is 4.19. The summed E-state index contributed by atoms with van der Waals surface area (Å²) in [6, 6.07) is 14.1. The quantitative estimate of drug-likeness (QED) is 0.452. The fraction of sp³-hybridized carbons (Fsp3) is 0.304. The lowest BCUT2D eigenvalue weighted by molar-refractivity contribution is 0.309. The normalized spacial score (nSPS) is 17.3. The number of halogens is 1. The smallest absolute Gasteiger partial charge is 0.281 e. The van der Waals surface area contributed by atoms with Gasteiger partial charge in [0, 0.05) is 24.0 Å². The molecule has 0 amide bonds. The Kier molecular flexibility index (Phi) is 5.97. The fourth-order valence-corrected chi connectivity index (χ4v) is 5.84. The Hall–Kier alpha value is -3.08. The highest BCUT2D eigenvalue weighted by Gasteiger charge is 2.32. The van der Waals surface area contributed by atoms with Crippen molar-refractivity contribution < 1.29 is 8.42 Å². The Labute approximate surface area is 201 Å². The number of hydrogen-bond acceptors (Lipinski definition) is 6. The number of rotatable bonds is 5. The molecule has 1 aliphatic rings. The van der Waals surface area contributed by atoms with Crippen molar-refractivity contribution in [2.45, 2.75) is 37.1 Å². The minimum absolute atomic E-state index is 0.164. The summed E-state index contributed by atoms with van der Waals surface area (Å²) in [5, 5.41) is 8.61. The molecule has 5 rings (SSSR count). The summed E-state index contributed by atoms with van der Waals surface area (Å²) >= 11 is 5.91. The molecule has 11 heteroatoms. The van der Waals surface area contributed by atoms with Crippen LogP contribution in [0.1, 0.15) is 35.7 Å². The number of hydrogen-bond donors (Lipinski definition) is 1. The van der Waals surface area contributed by atoms with E-state index in [1.165, 1.54) is 16.4 Å².